The summed E-state index contributed by atoms with van der Waals surface area (Å²) in [4.78, 5) is 5.39. The van der Waals surface area contributed by atoms with Gasteiger partial charge in [0.05, 0.1) is 15.6 Å². The summed E-state index contributed by atoms with van der Waals surface area (Å²) in [6.45, 7) is 4.12. The maximum atomic E-state index is 7.62. The molecule has 0 aliphatic rings. The van der Waals surface area contributed by atoms with E-state index in [9.17, 15) is 0 Å². The summed E-state index contributed by atoms with van der Waals surface area (Å²) in [5, 5.41) is 9.32. The van der Waals surface area contributed by atoms with Gasteiger partial charge in [0.2, 0.25) is 0 Å². The number of benzene rings is 1. The SMILES string of the molecule is CC(C)c1nc(Cc2cccc(Cl)c2)sc1C(=N)N. The second-order valence-corrected chi connectivity index (χ2v) is 6.22. The van der Waals surface area contributed by atoms with Crippen LogP contribution in [0.25, 0.3) is 0 Å². The zero-order valence-electron chi connectivity index (χ0n) is 10.9. The van der Waals surface area contributed by atoms with Gasteiger partial charge in [-0.1, -0.05) is 37.6 Å². The number of nitrogens with zero attached hydrogens (tertiary/aromatic N) is 1. The topological polar surface area (TPSA) is 62.8 Å². The van der Waals surface area contributed by atoms with E-state index in [1.54, 1.807) is 0 Å². The molecule has 1 heterocycles. The van der Waals surface area contributed by atoms with E-state index in [0.29, 0.717) is 0 Å². The van der Waals surface area contributed by atoms with Gasteiger partial charge >= 0.3 is 0 Å². The molecule has 3 nitrogen and oxygen atoms in total. The van der Waals surface area contributed by atoms with Gasteiger partial charge in [0.15, 0.2) is 0 Å². The fraction of sp³-hybridized carbons (Fsp3) is 0.286. The summed E-state index contributed by atoms with van der Waals surface area (Å²) in [7, 11) is 0. The lowest BCUT2D eigenvalue weighted by Gasteiger charge is -2.02. The summed E-state index contributed by atoms with van der Waals surface area (Å²) >= 11 is 7.47. The molecule has 0 unspecified atom stereocenters. The van der Waals surface area contributed by atoms with Crippen molar-refractivity contribution in [2.75, 3.05) is 0 Å². The molecular formula is C14H16ClN3S. The first-order valence-electron chi connectivity index (χ1n) is 6.05. The minimum absolute atomic E-state index is 0.0959. The molecule has 100 valence electrons. The Hall–Kier alpha value is -1.39. The smallest absolute Gasteiger partial charge is 0.135 e. The molecule has 3 N–H and O–H groups in total. The van der Waals surface area contributed by atoms with Gasteiger partial charge in [-0.05, 0) is 23.6 Å². The molecule has 0 aliphatic carbocycles. The Balaban J connectivity index is 2.31. The fourth-order valence-corrected chi connectivity index (χ4v) is 3.19. The third kappa shape index (κ3) is 3.33. The monoisotopic (exact) mass is 293 g/mol. The van der Waals surface area contributed by atoms with Gasteiger partial charge in [-0.15, -0.1) is 11.3 Å². The van der Waals surface area contributed by atoms with Crippen molar-refractivity contribution >= 4 is 28.8 Å². The summed E-state index contributed by atoms with van der Waals surface area (Å²) in [6, 6.07) is 7.75. The van der Waals surface area contributed by atoms with Crippen LogP contribution < -0.4 is 5.73 Å². The molecule has 1 aromatic carbocycles. The van der Waals surface area contributed by atoms with Crippen molar-refractivity contribution in [2.45, 2.75) is 26.2 Å². The number of aromatic nitrogens is 1. The number of halogens is 1. The molecule has 0 atom stereocenters. The Morgan fingerprint density at radius 2 is 2.21 bits per heavy atom. The summed E-state index contributed by atoms with van der Waals surface area (Å²) in [5.74, 6) is 0.363. The Morgan fingerprint density at radius 1 is 1.47 bits per heavy atom. The number of rotatable bonds is 4. The molecule has 5 heteroatoms. The van der Waals surface area contributed by atoms with E-state index in [2.05, 4.69) is 18.8 Å². The molecule has 0 radical (unpaired) electrons. The zero-order valence-corrected chi connectivity index (χ0v) is 12.5. The predicted molar refractivity (Wildman–Crippen MR) is 81.5 cm³/mol. The van der Waals surface area contributed by atoms with Crippen molar-refractivity contribution in [3.05, 3.63) is 50.4 Å². The average Bonchev–Trinajstić information content (AvgIpc) is 2.73. The van der Waals surface area contributed by atoms with Gasteiger partial charge < -0.3 is 5.73 Å². The number of nitrogens with one attached hydrogen (secondary N) is 1. The lowest BCUT2D eigenvalue weighted by atomic mass is 10.1. The quantitative estimate of drug-likeness (QED) is 0.665. The molecule has 0 fully saturated rings. The van der Waals surface area contributed by atoms with E-state index in [-0.39, 0.29) is 11.8 Å². The number of hydrogen-bond donors (Lipinski definition) is 2. The van der Waals surface area contributed by atoms with E-state index in [1.165, 1.54) is 11.3 Å². The molecule has 0 saturated heterocycles. The van der Waals surface area contributed by atoms with Crippen LogP contribution in [0.3, 0.4) is 0 Å². The Kier molecular flexibility index (Phi) is 4.22. The largest absolute Gasteiger partial charge is 0.383 e. The van der Waals surface area contributed by atoms with Crippen molar-refractivity contribution in [3.63, 3.8) is 0 Å². The Morgan fingerprint density at radius 3 is 2.74 bits per heavy atom. The van der Waals surface area contributed by atoms with E-state index in [1.807, 2.05) is 24.3 Å². The van der Waals surface area contributed by atoms with Crippen LogP contribution in [0.2, 0.25) is 5.02 Å². The van der Waals surface area contributed by atoms with Crippen LogP contribution in [0.4, 0.5) is 0 Å². The van der Waals surface area contributed by atoms with Crippen molar-refractivity contribution in [1.82, 2.24) is 4.98 Å². The Bertz CT molecular complexity index is 604. The maximum absolute atomic E-state index is 7.62. The number of thiazole rings is 1. The van der Waals surface area contributed by atoms with Crippen LogP contribution in [0.15, 0.2) is 24.3 Å². The lowest BCUT2D eigenvalue weighted by Crippen LogP contribution is -2.12. The van der Waals surface area contributed by atoms with Gasteiger partial charge in [-0.3, -0.25) is 5.41 Å². The first kappa shape index (κ1) is 14.0. The first-order chi connectivity index (χ1) is 8.97. The molecular weight excluding hydrogens is 278 g/mol. The molecule has 0 amide bonds. The van der Waals surface area contributed by atoms with Gasteiger partial charge in [-0.2, -0.15) is 0 Å². The highest BCUT2D eigenvalue weighted by molar-refractivity contribution is 7.13. The third-order valence-electron chi connectivity index (χ3n) is 2.73. The molecule has 0 aliphatic heterocycles. The minimum Gasteiger partial charge on any atom is -0.383 e. The van der Waals surface area contributed by atoms with Gasteiger partial charge in [-0.25, -0.2) is 4.98 Å². The van der Waals surface area contributed by atoms with E-state index >= 15 is 0 Å². The molecule has 0 spiro atoms. The first-order valence-corrected chi connectivity index (χ1v) is 7.25. The molecule has 1 aromatic heterocycles. The average molecular weight is 294 g/mol. The van der Waals surface area contributed by atoms with E-state index < -0.39 is 0 Å². The number of nitrogen functional groups attached to an aromatic ring is 1. The molecule has 2 aromatic rings. The van der Waals surface area contributed by atoms with E-state index in [4.69, 9.17) is 22.7 Å². The lowest BCUT2D eigenvalue weighted by molar-refractivity contribution is 0.822. The van der Waals surface area contributed by atoms with Crippen LogP contribution >= 0.6 is 22.9 Å². The second-order valence-electron chi connectivity index (χ2n) is 4.70. The zero-order chi connectivity index (χ0) is 14.0. The van der Waals surface area contributed by atoms with Crippen LogP contribution in [0, 0.1) is 5.41 Å². The van der Waals surface area contributed by atoms with E-state index in [0.717, 1.165) is 32.6 Å². The van der Waals surface area contributed by atoms with Gasteiger partial charge in [0.1, 0.15) is 5.84 Å². The van der Waals surface area contributed by atoms with Crippen molar-refractivity contribution in [1.29, 1.82) is 5.41 Å². The van der Waals surface area contributed by atoms with Crippen molar-refractivity contribution in [3.8, 4) is 0 Å². The van der Waals surface area contributed by atoms with Crippen LogP contribution in [0.1, 0.15) is 40.9 Å². The molecule has 0 bridgehead atoms. The van der Waals surface area contributed by atoms with Gasteiger partial charge in [0.25, 0.3) is 0 Å². The van der Waals surface area contributed by atoms with Crippen molar-refractivity contribution in [2.24, 2.45) is 5.73 Å². The van der Waals surface area contributed by atoms with Gasteiger partial charge in [0, 0.05) is 11.4 Å². The molecule has 0 saturated carbocycles. The number of hydrogen-bond acceptors (Lipinski definition) is 3. The summed E-state index contributed by atoms with van der Waals surface area (Å²) < 4.78 is 0. The highest BCUT2D eigenvalue weighted by Gasteiger charge is 2.16. The normalized spacial score (nSPS) is 10.9. The maximum Gasteiger partial charge on any atom is 0.135 e. The third-order valence-corrected chi connectivity index (χ3v) is 4.07. The van der Waals surface area contributed by atoms with Crippen LogP contribution in [-0.2, 0) is 6.42 Å². The summed E-state index contributed by atoms with van der Waals surface area (Å²) in [6.07, 6.45) is 0.720. The number of nitrogens with two attached hydrogens (primary N) is 1. The standard InChI is InChI=1S/C14H16ClN3S/c1-8(2)12-13(14(16)17)19-11(18-12)7-9-4-3-5-10(15)6-9/h3-6,8H,7H2,1-2H3,(H3,16,17). The molecule has 19 heavy (non-hydrogen) atoms. The highest BCUT2D eigenvalue weighted by atomic mass is 35.5. The highest BCUT2D eigenvalue weighted by Crippen LogP contribution is 2.26. The van der Waals surface area contributed by atoms with Crippen LogP contribution in [0.5, 0.6) is 0 Å². The predicted octanol–water partition coefficient (Wildman–Crippen LogP) is 3.79. The minimum atomic E-state index is 0.0959. The fourth-order valence-electron chi connectivity index (χ4n) is 1.86. The number of amidine groups is 1. The summed E-state index contributed by atoms with van der Waals surface area (Å²) in [5.41, 5.74) is 7.64. The van der Waals surface area contributed by atoms with Crippen LogP contribution in [-0.4, -0.2) is 10.8 Å². The Labute approximate surface area is 122 Å². The molecule has 2 rings (SSSR count). The second kappa shape index (κ2) is 5.72. The van der Waals surface area contributed by atoms with Crippen molar-refractivity contribution < 1.29 is 0 Å².